The van der Waals surface area contributed by atoms with E-state index in [4.69, 9.17) is 14.2 Å². The minimum atomic E-state index is -0.488. The average molecular weight is 471 g/mol. The van der Waals surface area contributed by atoms with Crippen molar-refractivity contribution in [3.63, 3.8) is 0 Å². The van der Waals surface area contributed by atoms with Crippen molar-refractivity contribution in [2.75, 3.05) is 47.1 Å². The van der Waals surface area contributed by atoms with E-state index in [0.29, 0.717) is 47.8 Å². The van der Waals surface area contributed by atoms with Gasteiger partial charge in [0, 0.05) is 17.6 Å². The van der Waals surface area contributed by atoms with Crippen molar-refractivity contribution < 1.29 is 28.6 Å². The molecule has 10 heteroatoms. The van der Waals surface area contributed by atoms with E-state index in [0.717, 1.165) is 16.7 Å². The van der Waals surface area contributed by atoms with Crippen LogP contribution >= 0.6 is 27.7 Å². The summed E-state index contributed by atoms with van der Waals surface area (Å²) >= 11 is 4.24. The molecule has 3 rings (SSSR count). The molecule has 1 aromatic rings. The third-order valence-electron chi connectivity index (χ3n) is 4.32. The average Bonchev–Trinajstić information content (AvgIpc) is 2.97. The first-order valence-electron chi connectivity index (χ1n) is 8.47. The van der Waals surface area contributed by atoms with Gasteiger partial charge in [0.1, 0.15) is 6.54 Å². The molecule has 2 aliphatic heterocycles. The first kappa shape index (κ1) is 20.7. The fourth-order valence-corrected chi connectivity index (χ4v) is 4.07. The lowest BCUT2D eigenvalue weighted by atomic mass is 10.2. The number of amides is 3. The normalized spacial score (nSPS) is 18.8. The molecule has 0 atom stereocenters. The number of ether oxygens (including phenoxy) is 3. The van der Waals surface area contributed by atoms with Crippen LogP contribution in [0.25, 0.3) is 6.08 Å². The zero-order valence-electron chi connectivity index (χ0n) is 15.4. The van der Waals surface area contributed by atoms with Crippen molar-refractivity contribution in [3.05, 3.63) is 27.1 Å². The molecule has 0 aliphatic carbocycles. The minimum Gasteiger partial charge on any atom is -0.493 e. The Labute approximate surface area is 174 Å². The van der Waals surface area contributed by atoms with E-state index < -0.39 is 11.1 Å². The standard InChI is InChI=1S/C18H19BrN2O6S/c1-25-13-7-11(12(19)9-14(13)26-2)8-15-17(23)21(18(24)28-15)10-16(22)20-3-5-27-6-4-20/h7-9H,3-6,10H2,1-2H3/b15-8-. The van der Waals surface area contributed by atoms with E-state index in [1.54, 1.807) is 23.1 Å². The number of benzene rings is 1. The van der Waals surface area contributed by atoms with Crippen LogP contribution in [0.4, 0.5) is 4.79 Å². The number of methoxy groups -OCH3 is 2. The number of hydrogen-bond donors (Lipinski definition) is 0. The zero-order chi connectivity index (χ0) is 20.3. The van der Waals surface area contributed by atoms with Crippen molar-refractivity contribution >= 4 is 50.8 Å². The fraction of sp³-hybridized carbons (Fsp3) is 0.389. The van der Waals surface area contributed by atoms with E-state index in [1.807, 2.05) is 0 Å². The number of morpholine rings is 1. The maximum absolute atomic E-state index is 12.7. The first-order chi connectivity index (χ1) is 13.4. The van der Waals surface area contributed by atoms with Crippen LogP contribution in [0.1, 0.15) is 5.56 Å². The SMILES string of the molecule is COc1cc(Br)c(/C=C2\SC(=O)N(CC(=O)N3CCOCC3)C2=O)cc1OC. The van der Waals surface area contributed by atoms with Gasteiger partial charge in [0.25, 0.3) is 11.1 Å². The predicted molar refractivity (Wildman–Crippen MR) is 107 cm³/mol. The van der Waals surface area contributed by atoms with Crippen LogP contribution in [-0.2, 0) is 14.3 Å². The molecule has 150 valence electrons. The van der Waals surface area contributed by atoms with Crippen LogP contribution in [0.5, 0.6) is 11.5 Å². The van der Waals surface area contributed by atoms with Gasteiger partial charge in [-0.3, -0.25) is 19.3 Å². The minimum absolute atomic E-state index is 0.243. The summed E-state index contributed by atoms with van der Waals surface area (Å²) in [4.78, 5) is 40.2. The number of carbonyl (C=O) groups is 3. The summed E-state index contributed by atoms with van der Waals surface area (Å²) in [5.41, 5.74) is 0.655. The van der Waals surface area contributed by atoms with Crippen LogP contribution in [-0.4, -0.2) is 73.9 Å². The Morgan fingerprint density at radius 1 is 1.21 bits per heavy atom. The quantitative estimate of drug-likeness (QED) is 0.610. The summed E-state index contributed by atoms with van der Waals surface area (Å²) in [6.45, 7) is 1.57. The molecule has 2 fully saturated rings. The van der Waals surface area contributed by atoms with Crippen LogP contribution in [0, 0.1) is 0 Å². The second kappa shape index (κ2) is 8.97. The van der Waals surface area contributed by atoms with Gasteiger partial charge in [-0.25, -0.2) is 0 Å². The summed E-state index contributed by atoms with van der Waals surface area (Å²) in [5.74, 6) is 0.284. The number of hydrogen-bond acceptors (Lipinski definition) is 7. The Morgan fingerprint density at radius 3 is 2.50 bits per heavy atom. The molecule has 0 bridgehead atoms. The van der Waals surface area contributed by atoms with Crippen LogP contribution in [0.3, 0.4) is 0 Å². The van der Waals surface area contributed by atoms with Gasteiger partial charge in [0.2, 0.25) is 5.91 Å². The van der Waals surface area contributed by atoms with Gasteiger partial charge in [-0.15, -0.1) is 0 Å². The van der Waals surface area contributed by atoms with Gasteiger partial charge in [0.05, 0.1) is 32.3 Å². The molecule has 28 heavy (non-hydrogen) atoms. The third-order valence-corrected chi connectivity index (χ3v) is 5.91. The maximum Gasteiger partial charge on any atom is 0.294 e. The summed E-state index contributed by atoms with van der Waals surface area (Å²) < 4.78 is 16.4. The number of halogens is 1. The lowest BCUT2D eigenvalue weighted by Crippen LogP contribution is -2.46. The maximum atomic E-state index is 12.7. The van der Waals surface area contributed by atoms with Crippen LogP contribution in [0.15, 0.2) is 21.5 Å². The second-order valence-corrected chi connectivity index (χ2v) is 7.84. The molecule has 2 heterocycles. The number of nitrogens with zero attached hydrogens (tertiary/aromatic N) is 2. The molecular formula is C18H19BrN2O6S. The highest BCUT2D eigenvalue weighted by Crippen LogP contribution is 2.37. The molecule has 1 aromatic carbocycles. The zero-order valence-corrected chi connectivity index (χ0v) is 17.8. The highest BCUT2D eigenvalue weighted by Gasteiger charge is 2.37. The van der Waals surface area contributed by atoms with E-state index >= 15 is 0 Å². The number of thioether (sulfide) groups is 1. The molecule has 0 saturated carbocycles. The van der Waals surface area contributed by atoms with Crippen molar-refractivity contribution in [2.24, 2.45) is 0 Å². The van der Waals surface area contributed by atoms with E-state index in [9.17, 15) is 14.4 Å². The number of rotatable bonds is 5. The van der Waals surface area contributed by atoms with Crippen LogP contribution < -0.4 is 9.47 Å². The Hall–Kier alpha value is -2.04. The van der Waals surface area contributed by atoms with Gasteiger partial charge in [-0.1, -0.05) is 15.9 Å². The second-order valence-electron chi connectivity index (χ2n) is 5.99. The lowest BCUT2D eigenvalue weighted by Gasteiger charge is -2.28. The van der Waals surface area contributed by atoms with E-state index in [2.05, 4.69) is 15.9 Å². The highest BCUT2D eigenvalue weighted by atomic mass is 79.9. The Balaban J connectivity index is 1.78. The van der Waals surface area contributed by atoms with Crippen molar-refractivity contribution in [2.45, 2.75) is 0 Å². The van der Waals surface area contributed by atoms with Gasteiger partial charge < -0.3 is 19.1 Å². The molecule has 8 nitrogen and oxygen atoms in total. The van der Waals surface area contributed by atoms with Gasteiger partial charge >= 0.3 is 0 Å². The van der Waals surface area contributed by atoms with Gasteiger partial charge in [-0.05, 0) is 35.5 Å². The Bertz CT molecular complexity index is 838. The molecule has 2 saturated heterocycles. The third kappa shape index (κ3) is 4.34. The highest BCUT2D eigenvalue weighted by molar-refractivity contribution is 9.10. The monoisotopic (exact) mass is 470 g/mol. The number of carbonyl (C=O) groups excluding carboxylic acids is 3. The topological polar surface area (TPSA) is 85.4 Å². The number of imide groups is 1. The molecule has 0 aromatic heterocycles. The summed E-state index contributed by atoms with van der Waals surface area (Å²) in [5, 5.41) is -0.463. The van der Waals surface area contributed by atoms with E-state index in [-0.39, 0.29) is 17.4 Å². The van der Waals surface area contributed by atoms with Gasteiger partial charge in [-0.2, -0.15) is 0 Å². The summed E-state index contributed by atoms with van der Waals surface area (Å²) in [6, 6.07) is 3.42. The fourth-order valence-electron chi connectivity index (χ4n) is 2.81. The molecule has 3 amide bonds. The first-order valence-corrected chi connectivity index (χ1v) is 10.1. The summed E-state index contributed by atoms with van der Waals surface area (Å²) in [6.07, 6.45) is 1.59. The Morgan fingerprint density at radius 2 is 1.86 bits per heavy atom. The van der Waals surface area contributed by atoms with Gasteiger partial charge in [0.15, 0.2) is 11.5 Å². The lowest BCUT2D eigenvalue weighted by molar-refractivity contribution is -0.139. The van der Waals surface area contributed by atoms with E-state index in [1.165, 1.54) is 14.2 Å². The molecule has 0 N–H and O–H groups in total. The largest absolute Gasteiger partial charge is 0.493 e. The Kier molecular flexibility index (Phi) is 6.63. The molecule has 2 aliphatic rings. The molecular weight excluding hydrogens is 452 g/mol. The predicted octanol–water partition coefficient (Wildman–Crippen LogP) is 2.36. The molecule has 0 radical (unpaired) electrons. The molecule has 0 unspecified atom stereocenters. The smallest absolute Gasteiger partial charge is 0.294 e. The van der Waals surface area contributed by atoms with Crippen LogP contribution in [0.2, 0.25) is 0 Å². The van der Waals surface area contributed by atoms with Crippen molar-refractivity contribution in [1.29, 1.82) is 0 Å². The summed E-state index contributed by atoms with van der Waals surface area (Å²) in [7, 11) is 3.04. The molecule has 0 spiro atoms. The van der Waals surface area contributed by atoms with Crippen molar-refractivity contribution in [1.82, 2.24) is 9.80 Å². The van der Waals surface area contributed by atoms with Crippen molar-refractivity contribution in [3.8, 4) is 11.5 Å².